The molecule has 0 radical (unpaired) electrons. The number of aromatic amines is 1. The summed E-state index contributed by atoms with van der Waals surface area (Å²) in [6.07, 6.45) is 0. The van der Waals surface area contributed by atoms with Crippen LogP contribution in [0.25, 0.3) is 21.5 Å². The van der Waals surface area contributed by atoms with E-state index >= 15 is 0 Å². The van der Waals surface area contributed by atoms with Crippen molar-refractivity contribution in [2.75, 3.05) is 7.05 Å². The van der Waals surface area contributed by atoms with E-state index in [2.05, 4.69) is 95.2 Å². The summed E-state index contributed by atoms with van der Waals surface area (Å²) in [5.74, 6) is 3.55. The number of nitrogens with one attached hydrogen (secondary N) is 1. The fourth-order valence-electron chi connectivity index (χ4n) is 6.64. The van der Waals surface area contributed by atoms with E-state index < -0.39 is 5.66 Å². The van der Waals surface area contributed by atoms with Gasteiger partial charge in [-0.2, -0.15) is 0 Å². The molecule has 0 fully saturated rings. The third kappa shape index (κ3) is 3.23. The molecule has 2 aromatic heterocycles. The molecular formula is C35H26N8. The second-order valence-electron chi connectivity index (χ2n) is 11.3. The van der Waals surface area contributed by atoms with Gasteiger partial charge < -0.3 is 14.5 Å². The maximum absolute atomic E-state index is 5.52. The van der Waals surface area contributed by atoms with Gasteiger partial charge in [-0.25, -0.2) is 25.0 Å². The maximum Gasteiger partial charge on any atom is 0.164 e. The van der Waals surface area contributed by atoms with Crippen molar-refractivity contribution in [3.05, 3.63) is 130 Å². The van der Waals surface area contributed by atoms with E-state index in [0.717, 1.165) is 66.4 Å². The molecule has 0 amide bonds. The number of hydrogen-bond donors (Lipinski definition) is 1. The van der Waals surface area contributed by atoms with Gasteiger partial charge in [-0.05, 0) is 6.92 Å². The third-order valence-corrected chi connectivity index (χ3v) is 8.96. The van der Waals surface area contributed by atoms with Gasteiger partial charge in [0.1, 0.15) is 28.4 Å². The molecule has 1 atom stereocenters. The van der Waals surface area contributed by atoms with Gasteiger partial charge in [-0.15, -0.1) is 0 Å². The molecule has 4 aromatic carbocycles. The third-order valence-electron chi connectivity index (χ3n) is 8.96. The van der Waals surface area contributed by atoms with Gasteiger partial charge in [-0.1, -0.05) is 97.1 Å². The van der Waals surface area contributed by atoms with Crippen molar-refractivity contribution >= 4 is 50.7 Å². The minimum atomic E-state index is -0.716. The van der Waals surface area contributed by atoms with E-state index in [4.69, 9.17) is 25.0 Å². The molecule has 1 N–H and O–H groups in total. The molecule has 0 spiro atoms. The minimum absolute atomic E-state index is 0.618. The Morgan fingerprint density at radius 3 is 1.79 bits per heavy atom. The second kappa shape index (κ2) is 8.45. The molecule has 0 aliphatic carbocycles. The molecule has 0 saturated heterocycles. The molecule has 8 heteroatoms. The van der Waals surface area contributed by atoms with Crippen LogP contribution in [0.3, 0.4) is 0 Å². The van der Waals surface area contributed by atoms with Gasteiger partial charge in [0, 0.05) is 57.9 Å². The zero-order valence-electron chi connectivity index (χ0n) is 23.9. The van der Waals surface area contributed by atoms with Crippen molar-refractivity contribution in [1.29, 1.82) is 0 Å². The van der Waals surface area contributed by atoms with Crippen molar-refractivity contribution in [1.82, 2.24) is 14.5 Å². The molecule has 206 valence electrons. The lowest BCUT2D eigenvalue weighted by atomic mass is 10.0. The van der Waals surface area contributed by atoms with Gasteiger partial charge in [0.15, 0.2) is 17.3 Å². The van der Waals surface area contributed by atoms with Gasteiger partial charge in [-0.3, -0.25) is 0 Å². The minimum Gasteiger partial charge on any atom is -0.331 e. The van der Waals surface area contributed by atoms with Crippen LogP contribution in [0, 0.1) is 0 Å². The average molecular weight is 559 g/mol. The van der Waals surface area contributed by atoms with Gasteiger partial charge in [0.05, 0.1) is 0 Å². The Morgan fingerprint density at radius 1 is 0.558 bits per heavy atom. The number of H-pyrrole nitrogens is 1. The van der Waals surface area contributed by atoms with E-state index in [1.54, 1.807) is 0 Å². The molecule has 6 aromatic rings. The number of benzene rings is 4. The number of aliphatic imine (C=N–C) groups is 3. The van der Waals surface area contributed by atoms with Crippen LogP contribution in [0.15, 0.2) is 122 Å². The summed E-state index contributed by atoms with van der Waals surface area (Å²) in [5.41, 5.74) is 4.97. The van der Waals surface area contributed by atoms with Gasteiger partial charge >= 0.3 is 0 Å². The van der Waals surface area contributed by atoms with Crippen molar-refractivity contribution in [3.8, 4) is 0 Å². The predicted octanol–water partition coefficient (Wildman–Crippen LogP) is 5.65. The van der Waals surface area contributed by atoms with E-state index in [9.17, 15) is 0 Å². The summed E-state index contributed by atoms with van der Waals surface area (Å²) in [4.78, 5) is 31.8. The predicted molar refractivity (Wildman–Crippen MR) is 170 cm³/mol. The number of nitrogens with zero attached hydrogens (tertiary/aromatic N) is 7. The maximum atomic E-state index is 5.52. The molecule has 3 aliphatic heterocycles. The van der Waals surface area contributed by atoms with E-state index in [-0.39, 0.29) is 0 Å². The Hall–Kier alpha value is -5.63. The number of amidine groups is 3. The molecule has 8 bridgehead atoms. The SMILES string of the molecule is CN1/C2=N\c3[nH]c(c4ccccc34)/N=C3N=C(/N=c4/c5ccccc5/c(n4C)=N/C1(C)c1ccccc12)c1ccccc1\3. The molecule has 43 heavy (non-hydrogen) atoms. The lowest BCUT2D eigenvalue weighted by Gasteiger charge is -2.30. The van der Waals surface area contributed by atoms with Crippen LogP contribution in [0.1, 0.15) is 29.2 Å². The lowest BCUT2D eigenvalue weighted by molar-refractivity contribution is 0.252. The Kier molecular flexibility index (Phi) is 4.72. The van der Waals surface area contributed by atoms with Crippen molar-refractivity contribution in [2.24, 2.45) is 32.0 Å². The van der Waals surface area contributed by atoms with Gasteiger partial charge in [0.25, 0.3) is 0 Å². The summed E-state index contributed by atoms with van der Waals surface area (Å²) in [6.45, 7) is 2.15. The second-order valence-corrected chi connectivity index (χ2v) is 11.3. The first-order valence-electron chi connectivity index (χ1n) is 14.3. The largest absolute Gasteiger partial charge is 0.331 e. The first kappa shape index (κ1) is 24.0. The summed E-state index contributed by atoms with van der Waals surface area (Å²) >= 11 is 0. The van der Waals surface area contributed by atoms with Crippen molar-refractivity contribution in [3.63, 3.8) is 0 Å². The topological polar surface area (TPSA) is 85.8 Å². The zero-order chi connectivity index (χ0) is 28.9. The first-order chi connectivity index (χ1) is 21.0. The standard InChI is InChI=1S/C35H26N8/c1-35-27-19-11-10-18-26(27)33(43(35)3)40-31-23-15-7-5-13-21(23)29(38-31)36-28-20-12-4-6-14-22(20)30(37-28)39-32-24-16-8-9-17-25(24)34(41-35)42(32)2/h4-19,38H,1-3H3/b36-28-,39-32-,40-33-,41-34-. The van der Waals surface area contributed by atoms with E-state index in [1.807, 2.05) is 37.4 Å². The smallest absolute Gasteiger partial charge is 0.164 e. The number of hydrogen-bond acceptors (Lipinski definition) is 6. The molecule has 0 saturated carbocycles. The molecule has 5 heterocycles. The normalized spacial score (nSPS) is 22.5. The molecule has 9 rings (SSSR count). The van der Waals surface area contributed by atoms with Crippen molar-refractivity contribution < 1.29 is 0 Å². The quantitative estimate of drug-likeness (QED) is 0.257. The summed E-state index contributed by atoms with van der Waals surface area (Å²) in [6, 6.07) is 33.1. The highest BCUT2D eigenvalue weighted by atomic mass is 15.3. The van der Waals surface area contributed by atoms with Crippen LogP contribution < -0.4 is 11.0 Å². The Morgan fingerprint density at radius 2 is 1.09 bits per heavy atom. The highest BCUT2D eigenvalue weighted by Gasteiger charge is 2.43. The number of aromatic nitrogens is 2. The lowest BCUT2D eigenvalue weighted by Crippen LogP contribution is -2.40. The van der Waals surface area contributed by atoms with Crippen LogP contribution in [0.5, 0.6) is 0 Å². The monoisotopic (exact) mass is 558 g/mol. The number of rotatable bonds is 0. The first-order valence-corrected chi connectivity index (χ1v) is 14.3. The van der Waals surface area contributed by atoms with Crippen LogP contribution >= 0.6 is 0 Å². The van der Waals surface area contributed by atoms with Crippen molar-refractivity contribution in [2.45, 2.75) is 12.6 Å². The van der Waals surface area contributed by atoms with E-state index in [0.29, 0.717) is 17.5 Å². The van der Waals surface area contributed by atoms with Gasteiger partial charge in [0.2, 0.25) is 0 Å². The fraction of sp³-hybridized carbons (Fsp3) is 0.114. The Balaban J connectivity index is 1.47. The Labute approximate surface area is 246 Å². The summed E-state index contributed by atoms with van der Waals surface area (Å²) < 4.78 is 2.08. The van der Waals surface area contributed by atoms with Crippen LogP contribution in [-0.4, -0.2) is 39.0 Å². The molecule has 3 aliphatic rings. The summed E-state index contributed by atoms with van der Waals surface area (Å²) in [7, 11) is 4.10. The summed E-state index contributed by atoms with van der Waals surface area (Å²) in [5, 5.41) is 4.03. The Bertz CT molecular complexity index is 2400. The zero-order valence-corrected chi connectivity index (χ0v) is 23.9. The van der Waals surface area contributed by atoms with Crippen LogP contribution in [-0.2, 0) is 12.7 Å². The highest BCUT2D eigenvalue weighted by molar-refractivity contribution is 6.23. The highest BCUT2D eigenvalue weighted by Crippen LogP contribution is 2.42. The molecular weight excluding hydrogens is 532 g/mol. The molecule has 1 unspecified atom stereocenters. The van der Waals surface area contributed by atoms with Crippen LogP contribution in [0.4, 0.5) is 11.6 Å². The number of fused-ring (bicyclic) bond motifs is 19. The van der Waals surface area contributed by atoms with E-state index in [1.165, 1.54) is 0 Å². The molecule has 8 nitrogen and oxygen atoms in total. The average Bonchev–Trinajstić information content (AvgIpc) is 3.71. The fourth-order valence-corrected chi connectivity index (χ4v) is 6.64. The van der Waals surface area contributed by atoms with Crippen LogP contribution in [0.2, 0.25) is 0 Å².